The SMILES string of the molecule is CNC(=O)OC1CCC(N(Cc2cc(-c3ccc(N)nc3)ccc2OC)C(=O)c2sc3c(F)ccc(F)c3c2Cl)CC1. The Bertz CT molecular complexity index is 1620. The minimum atomic E-state index is -0.698. The number of anilines is 1. The fraction of sp³-hybridized carbons (Fsp3) is 0.300. The molecule has 0 atom stereocenters. The van der Waals surface area contributed by atoms with Crippen molar-refractivity contribution in [3.63, 3.8) is 0 Å². The van der Waals surface area contributed by atoms with Crippen molar-refractivity contribution < 1.29 is 27.8 Å². The number of nitrogens with two attached hydrogens (primary N) is 1. The molecule has 5 rings (SSSR count). The van der Waals surface area contributed by atoms with E-state index in [9.17, 15) is 18.4 Å². The van der Waals surface area contributed by atoms with E-state index in [1.54, 1.807) is 24.3 Å². The van der Waals surface area contributed by atoms with Gasteiger partial charge in [-0.25, -0.2) is 18.6 Å². The van der Waals surface area contributed by atoms with Crippen LogP contribution in [0.1, 0.15) is 40.9 Å². The van der Waals surface area contributed by atoms with Crippen LogP contribution in [0.5, 0.6) is 5.75 Å². The second-order valence-corrected chi connectivity index (χ2v) is 11.4. The third-order valence-electron chi connectivity index (χ3n) is 7.44. The van der Waals surface area contributed by atoms with Crippen LogP contribution < -0.4 is 15.8 Å². The number of nitrogens with one attached hydrogen (secondary N) is 1. The van der Waals surface area contributed by atoms with E-state index in [4.69, 9.17) is 26.8 Å². The van der Waals surface area contributed by atoms with Crippen molar-refractivity contribution in [3.8, 4) is 16.9 Å². The Hall–Kier alpha value is -3.96. The Labute approximate surface area is 250 Å². The van der Waals surface area contributed by atoms with E-state index in [-0.39, 0.29) is 38.7 Å². The molecule has 0 bridgehead atoms. The molecule has 8 nitrogen and oxygen atoms in total. The molecule has 2 amide bonds. The maximum Gasteiger partial charge on any atom is 0.407 e. The minimum absolute atomic E-state index is 0.0126. The molecule has 0 saturated heterocycles. The maximum atomic E-state index is 14.7. The number of benzene rings is 2. The van der Waals surface area contributed by atoms with Gasteiger partial charge in [0.2, 0.25) is 0 Å². The number of aromatic nitrogens is 1. The summed E-state index contributed by atoms with van der Waals surface area (Å²) in [7, 11) is 3.04. The first-order valence-electron chi connectivity index (χ1n) is 13.3. The molecule has 4 aromatic rings. The average molecular weight is 615 g/mol. The highest BCUT2D eigenvalue weighted by atomic mass is 35.5. The summed E-state index contributed by atoms with van der Waals surface area (Å²) in [6.45, 7) is 0.138. The molecule has 0 spiro atoms. The smallest absolute Gasteiger partial charge is 0.407 e. The molecule has 0 unspecified atom stereocenters. The van der Waals surface area contributed by atoms with Gasteiger partial charge in [-0.15, -0.1) is 11.3 Å². The summed E-state index contributed by atoms with van der Waals surface area (Å²) in [5.74, 6) is -0.833. The van der Waals surface area contributed by atoms with E-state index in [1.165, 1.54) is 7.05 Å². The standard InChI is InChI=1S/C30H29ClF2N4O4S/c1-35-30(39)41-20-7-5-19(6-8-20)37(29(38)28-26(31)25-21(32)9-10-22(33)27(25)42-28)15-18-13-16(3-11-23(18)40-2)17-4-12-24(34)36-14-17/h3-4,9-14,19-20H,5-8,15H2,1-2H3,(H2,34,36)(H,35,39). The highest BCUT2D eigenvalue weighted by Crippen LogP contribution is 2.41. The van der Waals surface area contributed by atoms with Crippen molar-refractivity contribution in [2.24, 2.45) is 0 Å². The summed E-state index contributed by atoms with van der Waals surface area (Å²) < 4.78 is 40.4. The molecule has 2 aromatic carbocycles. The van der Waals surface area contributed by atoms with Crippen LogP contribution in [-0.2, 0) is 11.3 Å². The van der Waals surface area contributed by atoms with Crippen molar-refractivity contribution in [1.29, 1.82) is 0 Å². The lowest BCUT2D eigenvalue weighted by Gasteiger charge is -2.37. The van der Waals surface area contributed by atoms with Gasteiger partial charge in [-0.05, 0) is 67.6 Å². The van der Waals surface area contributed by atoms with Crippen LogP contribution in [0.25, 0.3) is 21.2 Å². The minimum Gasteiger partial charge on any atom is -0.496 e. The van der Waals surface area contributed by atoms with E-state index in [0.29, 0.717) is 37.3 Å². The number of nitrogens with zero attached hydrogens (tertiary/aromatic N) is 2. The van der Waals surface area contributed by atoms with Crippen molar-refractivity contribution in [2.45, 2.75) is 44.4 Å². The molecule has 1 fully saturated rings. The number of amides is 2. The summed E-state index contributed by atoms with van der Waals surface area (Å²) in [6, 6.07) is 10.9. The van der Waals surface area contributed by atoms with Crippen molar-refractivity contribution in [2.75, 3.05) is 19.9 Å². The number of fused-ring (bicyclic) bond motifs is 1. The van der Waals surface area contributed by atoms with E-state index in [0.717, 1.165) is 40.2 Å². The van der Waals surface area contributed by atoms with E-state index < -0.39 is 23.6 Å². The first-order chi connectivity index (χ1) is 20.2. The van der Waals surface area contributed by atoms with Crippen molar-refractivity contribution in [3.05, 3.63) is 75.8 Å². The van der Waals surface area contributed by atoms with Gasteiger partial charge >= 0.3 is 6.09 Å². The van der Waals surface area contributed by atoms with E-state index in [2.05, 4.69) is 10.3 Å². The Balaban J connectivity index is 1.52. The lowest BCUT2D eigenvalue weighted by molar-refractivity contribution is 0.0381. The van der Waals surface area contributed by atoms with Gasteiger partial charge < -0.3 is 25.4 Å². The van der Waals surface area contributed by atoms with Gasteiger partial charge in [0, 0.05) is 37.0 Å². The van der Waals surface area contributed by atoms with Crippen LogP contribution in [-0.4, -0.2) is 48.2 Å². The monoisotopic (exact) mass is 614 g/mol. The second kappa shape index (κ2) is 12.5. The zero-order valence-electron chi connectivity index (χ0n) is 23.0. The molecule has 1 aliphatic carbocycles. The number of nitrogen functional groups attached to an aromatic ring is 1. The predicted molar refractivity (Wildman–Crippen MR) is 159 cm³/mol. The van der Waals surface area contributed by atoms with Gasteiger partial charge in [0.1, 0.15) is 34.2 Å². The fourth-order valence-corrected chi connectivity index (χ4v) is 6.76. The molecule has 0 aliphatic heterocycles. The number of pyridine rings is 1. The number of thiophene rings is 1. The number of rotatable bonds is 7. The number of alkyl carbamates (subject to hydrolysis) is 1. The van der Waals surface area contributed by atoms with Crippen LogP contribution >= 0.6 is 22.9 Å². The third-order valence-corrected chi connectivity index (χ3v) is 9.12. The van der Waals surface area contributed by atoms with E-state index >= 15 is 0 Å². The largest absolute Gasteiger partial charge is 0.496 e. The number of carbonyl (C=O) groups is 2. The summed E-state index contributed by atoms with van der Waals surface area (Å²) in [4.78, 5) is 31.9. The number of halogens is 3. The van der Waals surface area contributed by atoms with Crippen LogP contribution in [0, 0.1) is 11.6 Å². The molecular weight excluding hydrogens is 586 g/mol. The zero-order chi connectivity index (χ0) is 30.0. The summed E-state index contributed by atoms with van der Waals surface area (Å²) in [6.07, 6.45) is 3.04. The Morgan fingerprint density at radius 3 is 2.45 bits per heavy atom. The molecular formula is C30H29ClF2N4O4S. The lowest BCUT2D eigenvalue weighted by Crippen LogP contribution is -2.43. The predicted octanol–water partition coefficient (Wildman–Crippen LogP) is 6.80. The maximum absolute atomic E-state index is 14.7. The second-order valence-electron chi connectivity index (χ2n) is 10.00. The normalized spacial score (nSPS) is 16.7. The Morgan fingerprint density at radius 1 is 1.10 bits per heavy atom. The molecule has 1 aliphatic rings. The molecule has 1 saturated carbocycles. The zero-order valence-corrected chi connectivity index (χ0v) is 24.5. The Kier molecular flexibility index (Phi) is 8.79. The molecule has 0 radical (unpaired) electrons. The number of hydrogen-bond donors (Lipinski definition) is 2. The lowest BCUT2D eigenvalue weighted by atomic mass is 9.91. The quantitative estimate of drug-likeness (QED) is 0.237. The topological polar surface area (TPSA) is 107 Å². The van der Waals surface area contributed by atoms with Crippen LogP contribution in [0.3, 0.4) is 0 Å². The van der Waals surface area contributed by atoms with Crippen molar-refractivity contribution in [1.82, 2.24) is 15.2 Å². The highest BCUT2D eigenvalue weighted by molar-refractivity contribution is 7.21. The molecule has 42 heavy (non-hydrogen) atoms. The van der Waals surface area contributed by atoms with Crippen LogP contribution in [0.4, 0.5) is 19.4 Å². The number of carbonyl (C=O) groups excluding carboxylic acids is 2. The first-order valence-corrected chi connectivity index (χ1v) is 14.5. The van der Waals surface area contributed by atoms with Gasteiger partial charge in [-0.2, -0.15) is 0 Å². The number of ether oxygens (including phenoxy) is 2. The van der Waals surface area contributed by atoms with Crippen LogP contribution in [0.2, 0.25) is 5.02 Å². The fourth-order valence-electron chi connectivity index (χ4n) is 5.26. The van der Waals surface area contributed by atoms with Gasteiger partial charge in [-0.1, -0.05) is 17.7 Å². The van der Waals surface area contributed by atoms with Crippen LogP contribution in [0.15, 0.2) is 48.7 Å². The third kappa shape index (κ3) is 5.98. The highest BCUT2D eigenvalue weighted by Gasteiger charge is 2.34. The van der Waals surface area contributed by atoms with Gasteiger partial charge in [0.05, 0.1) is 22.2 Å². The van der Waals surface area contributed by atoms with Gasteiger partial charge in [-0.3, -0.25) is 4.79 Å². The molecule has 2 aromatic heterocycles. The number of hydrogen-bond acceptors (Lipinski definition) is 7. The first kappa shape index (κ1) is 29.5. The van der Waals surface area contributed by atoms with Crippen molar-refractivity contribution >= 4 is 50.8 Å². The summed E-state index contributed by atoms with van der Waals surface area (Å²) >= 11 is 7.37. The average Bonchev–Trinajstić information content (AvgIpc) is 3.36. The van der Waals surface area contributed by atoms with E-state index in [1.807, 2.05) is 24.3 Å². The molecule has 220 valence electrons. The summed E-state index contributed by atoms with van der Waals surface area (Å²) in [5.41, 5.74) is 8.15. The molecule has 12 heteroatoms. The number of methoxy groups -OCH3 is 1. The summed E-state index contributed by atoms with van der Waals surface area (Å²) in [5, 5.41) is 2.23. The Morgan fingerprint density at radius 2 is 1.81 bits per heavy atom. The van der Waals surface area contributed by atoms with Gasteiger partial charge in [0.25, 0.3) is 5.91 Å². The molecule has 2 heterocycles. The molecule has 3 N–H and O–H groups in total. The van der Waals surface area contributed by atoms with Gasteiger partial charge in [0.15, 0.2) is 0 Å².